The number of nitrogens with one attached hydrogen (secondary N) is 1. The maximum Gasteiger partial charge on any atom is 0.408 e. The van der Waals surface area contributed by atoms with Crippen LogP contribution >= 0.6 is 11.6 Å². The van der Waals surface area contributed by atoms with Crippen molar-refractivity contribution in [2.45, 2.75) is 12.7 Å². The van der Waals surface area contributed by atoms with Gasteiger partial charge in [-0.2, -0.15) is 18.3 Å². The Morgan fingerprint density at radius 2 is 2.00 bits per heavy atom. The van der Waals surface area contributed by atoms with Crippen molar-refractivity contribution in [2.24, 2.45) is 0 Å². The highest BCUT2D eigenvalue weighted by Crippen LogP contribution is 2.32. The van der Waals surface area contributed by atoms with Gasteiger partial charge in [-0.3, -0.25) is 4.79 Å². The van der Waals surface area contributed by atoms with Crippen molar-refractivity contribution in [2.75, 3.05) is 0 Å². The molecule has 23 heavy (non-hydrogen) atoms. The molecule has 0 atom stereocenters. The van der Waals surface area contributed by atoms with Crippen molar-refractivity contribution >= 4 is 22.6 Å². The molecule has 9 heteroatoms. The third-order valence-electron chi connectivity index (χ3n) is 3.25. The first-order chi connectivity index (χ1) is 10.8. The highest BCUT2D eigenvalue weighted by atomic mass is 35.5. The van der Waals surface area contributed by atoms with E-state index in [2.05, 4.69) is 10.1 Å². The van der Waals surface area contributed by atoms with Gasteiger partial charge in [0.25, 0.3) is 0 Å². The number of aromatic amines is 1. The lowest BCUT2D eigenvalue weighted by Crippen LogP contribution is -2.19. The molecular formula is C14H9ClF3N3O2. The minimum Gasteiger partial charge on any atom is -0.503 e. The van der Waals surface area contributed by atoms with Crippen molar-refractivity contribution in [3.05, 3.63) is 45.7 Å². The van der Waals surface area contributed by atoms with Crippen molar-refractivity contribution in [1.29, 1.82) is 0 Å². The number of alkyl halides is 3. The molecule has 0 bridgehead atoms. The Bertz CT molecular complexity index is 947. The minimum absolute atomic E-state index is 0.0583. The van der Waals surface area contributed by atoms with Gasteiger partial charge in [0, 0.05) is 5.56 Å². The van der Waals surface area contributed by atoms with Gasteiger partial charge in [-0.05, 0) is 6.07 Å². The molecule has 2 aromatic heterocycles. The Morgan fingerprint density at radius 3 is 2.65 bits per heavy atom. The number of pyridine rings is 1. The van der Waals surface area contributed by atoms with Gasteiger partial charge < -0.3 is 10.1 Å². The first-order valence-electron chi connectivity index (χ1n) is 6.40. The third kappa shape index (κ3) is 2.77. The highest BCUT2D eigenvalue weighted by Gasteiger charge is 2.30. The predicted octanol–water partition coefficient (Wildman–Crippen LogP) is 3.31. The van der Waals surface area contributed by atoms with Crippen LogP contribution in [-0.2, 0) is 6.54 Å². The van der Waals surface area contributed by atoms with Gasteiger partial charge >= 0.3 is 6.18 Å². The number of hydrogen-bond acceptors (Lipinski definition) is 3. The summed E-state index contributed by atoms with van der Waals surface area (Å²) in [6.45, 7) is -1.36. The number of aromatic hydroxyl groups is 1. The number of benzene rings is 1. The van der Waals surface area contributed by atoms with Gasteiger partial charge in [0.15, 0.2) is 5.75 Å². The Balaban J connectivity index is 2.28. The monoisotopic (exact) mass is 343 g/mol. The van der Waals surface area contributed by atoms with E-state index in [1.807, 2.05) is 0 Å². The Hall–Kier alpha value is -2.48. The molecule has 5 nitrogen and oxygen atoms in total. The zero-order chi connectivity index (χ0) is 16.8. The summed E-state index contributed by atoms with van der Waals surface area (Å²) in [5, 5.41) is 13.7. The maximum absolute atomic E-state index is 12.6. The van der Waals surface area contributed by atoms with E-state index in [0.717, 1.165) is 6.20 Å². The lowest BCUT2D eigenvalue weighted by Gasteiger charge is -2.10. The van der Waals surface area contributed by atoms with Crippen LogP contribution in [0.3, 0.4) is 0 Å². The fraction of sp³-hybridized carbons (Fsp3) is 0.143. The molecule has 0 amide bonds. The number of fused-ring (bicyclic) bond motifs is 1. The number of aromatic nitrogens is 3. The molecule has 0 radical (unpaired) electrons. The molecule has 0 fully saturated rings. The molecule has 1 aromatic carbocycles. The van der Waals surface area contributed by atoms with E-state index in [1.165, 1.54) is 12.1 Å². The van der Waals surface area contributed by atoms with Crippen LogP contribution in [0, 0.1) is 0 Å². The van der Waals surface area contributed by atoms with Crippen LogP contribution in [0.4, 0.5) is 13.2 Å². The largest absolute Gasteiger partial charge is 0.503 e. The van der Waals surface area contributed by atoms with Gasteiger partial charge in [-0.15, -0.1) is 0 Å². The van der Waals surface area contributed by atoms with Crippen LogP contribution in [0.2, 0.25) is 5.02 Å². The lowest BCUT2D eigenvalue weighted by molar-refractivity contribution is -0.141. The summed E-state index contributed by atoms with van der Waals surface area (Å²) in [6.07, 6.45) is -3.52. The summed E-state index contributed by atoms with van der Waals surface area (Å²) in [7, 11) is 0. The molecule has 0 aliphatic rings. The number of rotatable bonds is 2. The molecular weight excluding hydrogens is 335 g/mol. The molecule has 3 rings (SSSR count). The second-order valence-electron chi connectivity index (χ2n) is 4.84. The van der Waals surface area contributed by atoms with E-state index in [0.29, 0.717) is 10.2 Å². The number of hydrogen-bond donors (Lipinski definition) is 2. The van der Waals surface area contributed by atoms with Crippen LogP contribution in [0.25, 0.3) is 22.3 Å². The van der Waals surface area contributed by atoms with Crippen LogP contribution in [-0.4, -0.2) is 26.0 Å². The smallest absolute Gasteiger partial charge is 0.408 e. The average Bonchev–Trinajstić information content (AvgIpc) is 2.85. The number of halogens is 4. The van der Waals surface area contributed by atoms with Crippen LogP contribution < -0.4 is 5.43 Å². The van der Waals surface area contributed by atoms with Gasteiger partial charge in [0.05, 0.1) is 22.3 Å². The molecule has 2 N–H and O–H groups in total. The van der Waals surface area contributed by atoms with E-state index in [-0.39, 0.29) is 21.7 Å². The van der Waals surface area contributed by atoms with E-state index in [9.17, 15) is 23.1 Å². The van der Waals surface area contributed by atoms with Crippen LogP contribution in [0.1, 0.15) is 0 Å². The molecule has 0 aliphatic heterocycles. The molecule has 0 aliphatic carbocycles. The summed E-state index contributed by atoms with van der Waals surface area (Å²) in [5.74, 6) is -0.628. The van der Waals surface area contributed by atoms with Crippen molar-refractivity contribution in [3.8, 4) is 17.0 Å². The quantitative estimate of drug-likeness (QED) is 0.750. The summed E-state index contributed by atoms with van der Waals surface area (Å²) >= 11 is 6.02. The Morgan fingerprint density at radius 1 is 1.30 bits per heavy atom. The fourth-order valence-electron chi connectivity index (χ4n) is 2.25. The van der Waals surface area contributed by atoms with Gasteiger partial charge in [-0.1, -0.05) is 29.8 Å². The SMILES string of the molecule is O=c1c(O)c(-c2ccccc2Cl)[nH]c2c1cnn2CC(F)(F)F. The summed E-state index contributed by atoms with van der Waals surface area (Å²) in [4.78, 5) is 14.8. The predicted molar refractivity (Wildman–Crippen MR) is 78.5 cm³/mol. The van der Waals surface area contributed by atoms with Crippen LogP contribution in [0.5, 0.6) is 5.75 Å². The molecule has 2 heterocycles. The molecule has 120 valence electrons. The van der Waals surface area contributed by atoms with Gasteiger partial charge in [0.2, 0.25) is 5.43 Å². The van der Waals surface area contributed by atoms with Crippen molar-refractivity contribution < 1.29 is 18.3 Å². The van der Waals surface area contributed by atoms with Crippen molar-refractivity contribution in [1.82, 2.24) is 14.8 Å². The van der Waals surface area contributed by atoms with E-state index < -0.39 is 23.9 Å². The molecule has 0 unspecified atom stereocenters. The fourth-order valence-corrected chi connectivity index (χ4v) is 2.48. The average molecular weight is 344 g/mol. The van der Waals surface area contributed by atoms with Crippen molar-refractivity contribution in [3.63, 3.8) is 0 Å². The normalized spacial score (nSPS) is 12.0. The van der Waals surface area contributed by atoms with E-state index >= 15 is 0 Å². The van der Waals surface area contributed by atoms with E-state index in [1.54, 1.807) is 12.1 Å². The number of nitrogens with zero attached hydrogens (tertiary/aromatic N) is 2. The second-order valence-corrected chi connectivity index (χ2v) is 5.24. The molecule has 0 spiro atoms. The minimum atomic E-state index is -4.50. The second kappa shape index (κ2) is 5.31. The third-order valence-corrected chi connectivity index (χ3v) is 3.58. The standard InChI is InChI=1S/C14H9ClF3N3O2/c15-9-4-2-1-3-7(9)10-12(23)11(22)8-5-19-21(13(8)20-10)6-14(16,17)18/h1-5,23H,6H2,(H,20,22). The molecule has 0 saturated heterocycles. The first-order valence-corrected chi connectivity index (χ1v) is 6.78. The summed E-state index contributed by atoms with van der Waals surface area (Å²) in [5.41, 5.74) is -0.718. The number of H-pyrrole nitrogens is 1. The topological polar surface area (TPSA) is 70.9 Å². The zero-order valence-electron chi connectivity index (χ0n) is 11.4. The molecule has 0 saturated carbocycles. The Kier molecular flexibility index (Phi) is 3.56. The van der Waals surface area contributed by atoms with Gasteiger partial charge in [0.1, 0.15) is 12.2 Å². The first kappa shape index (κ1) is 15.4. The van der Waals surface area contributed by atoms with Gasteiger partial charge in [-0.25, -0.2) is 4.68 Å². The zero-order valence-corrected chi connectivity index (χ0v) is 12.1. The Labute approximate surface area is 131 Å². The highest BCUT2D eigenvalue weighted by molar-refractivity contribution is 6.33. The summed E-state index contributed by atoms with van der Waals surface area (Å²) < 4.78 is 38.4. The van der Waals surface area contributed by atoms with E-state index in [4.69, 9.17) is 11.6 Å². The molecule has 3 aromatic rings. The van der Waals surface area contributed by atoms with Crippen LogP contribution in [0.15, 0.2) is 35.3 Å². The summed E-state index contributed by atoms with van der Waals surface area (Å²) in [6, 6.07) is 6.33. The maximum atomic E-state index is 12.6. The lowest BCUT2D eigenvalue weighted by atomic mass is 10.1.